The third kappa shape index (κ3) is 8.94. The van der Waals surface area contributed by atoms with Gasteiger partial charge in [0.2, 0.25) is 0 Å². The minimum atomic E-state index is 0.0656. The van der Waals surface area contributed by atoms with Crippen LogP contribution in [0.2, 0.25) is 5.31 Å². The minimum Gasteiger partial charge on any atom is -0.0667 e. The first-order valence-corrected chi connectivity index (χ1v) is 20.1. The predicted molar refractivity (Wildman–Crippen MR) is 223 cm³/mol. The molecule has 0 saturated heterocycles. The fraction of sp³-hybridized carbons (Fsp3) is 0.750. The minimum absolute atomic E-state index is 0.0656. The molecule has 1 aliphatic rings. The van der Waals surface area contributed by atoms with Crippen LogP contribution in [0.15, 0.2) is 48.5 Å². The Kier molecular flexibility index (Phi) is 12.1. The van der Waals surface area contributed by atoms with E-state index in [0.29, 0.717) is 28.6 Å². The highest BCUT2D eigenvalue weighted by Gasteiger charge is 2.51. The van der Waals surface area contributed by atoms with Gasteiger partial charge >= 0.3 is 0 Å². The molecule has 3 rings (SSSR count). The van der Waals surface area contributed by atoms with Crippen molar-refractivity contribution in [2.24, 2.45) is 43.8 Å². The molecule has 0 fully saturated rings. The van der Waals surface area contributed by atoms with Crippen LogP contribution in [0.3, 0.4) is 0 Å². The number of aryl methyl sites for hydroxylation is 2. The molecule has 49 heavy (non-hydrogen) atoms. The van der Waals surface area contributed by atoms with Crippen LogP contribution in [0.5, 0.6) is 0 Å². The fourth-order valence-electron chi connectivity index (χ4n) is 8.48. The number of hydrogen-bond acceptors (Lipinski definition) is 0. The summed E-state index contributed by atoms with van der Waals surface area (Å²) in [5, 5.41) is 0.185. The Labute approximate surface area is 308 Å². The van der Waals surface area contributed by atoms with E-state index < -0.39 is 0 Å². The molecule has 0 bridgehead atoms. The summed E-state index contributed by atoms with van der Waals surface area (Å²) in [6, 6.07) is 19.1. The molecule has 0 saturated carbocycles. The van der Waals surface area contributed by atoms with E-state index in [0.717, 1.165) is 0 Å². The highest BCUT2D eigenvalue weighted by atomic mass is 14.6. The molecule has 0 aromatic heterocycles. The lowest BCUT2D eigenvalue weighted by atomic mass is 9.46. The summed E-state index contributed by atoms with van der Waals surface area (Å²) in [6.07, 6.45) is 8.72. The van der Waals surface area contributed by atoms with Crippen LogP contribution in [-0.4, -0.2) is 7.85 Å². The van der Waals surface area contributed by atoms with Crippen LogP contribution < -0.4 is 0 Å². The van der Waals surface area contributed by atoms with Gasteiger partial charge in [0, 0.05) is 0 Å². The van der Waals surface area contributed by atoms with Crippen molar-refractivity contribution in [2.75, 3.05) is 0 Å². The van der Waals surface area contributed by atoms with Crippen molar-refractivity contribution >= 4 is 7.85 Å². The molecule has 0 spiro atoms. The molecule has 0 nitrogen and oxygen atoms in total. The van der Waals surface area contributed by atoms with Crippen molar-refractivity contribution in [3.8, 4) is 0 Å². The van der Waals surface area contributed by atoms with E-state index in [-0.39, 0.29) is 32.4 Å². The largest absolute Gasteiger partial charge is 0.109 e. The zero-order valence-corrected chi connectivity index (χ0v) is 36.3. The van der Waals surface area contributed by atoms with Gasteiger partial charge < -0.3 is 0 Å². The summed E-state index contributed by atoms with van der Waals surface area (Å²) in [6.45, 7) is 45.5. The molecule has 0 radical (unpaired) electrons. The summed E-state index contributed by atoms with van der Waals surface area (Å²) >= 11 is 0. The topological polar surface area (TPSA) is 0 Å². The van der Waals surface area contributed by atoms with Gasteiger partial charge in [-0.25, -0.2) is 0 Å². The first-order chi connectivity index (χ1) is 22.0. The zero-order valence-electron chi connectivity index (χ0n) is 36.3. The van der Waals surface area contributed by atoms with E-state index in [1.165, 1.54) is 50.5 Å². The maximum atomic E-state index is 2.61. The van der Waals surface area contributed by atoms with Crippen LogP contribution in [0.25, 0.3) is 0 Å². The van der Waals surface area contributed by atoms with Crippen LogP contribution in [0.4, 0.5) is 0 Å². The molecular weight excluding hydrogens is 587 g/mol. The van der Waals surface area contributed by atoms with Crippen molar-refractivity contribution in [3.05, 3.63) is 70.8 Å². The maximum Gasteiger partial charge on any atom is 0.109 e. The Hall–Kier alpha value is -1.50. The van der Waals surface area contributed by atoms with E-state index in [9.17, 15) is 0 Å². The summed E-state index contributed by atoms with van der Waals surface area (Å²) < 4.78 is 0. The number of hydrogen-bond donors (Lipinski definition) is 0. The zero-order chi connectivity index (χ0) is 37.6. The van der Waals surface area contributed by atoms with Crippen LogP contribution in [-0.2, 0) is 12.8 Å². The van der Waals surface area contributed by atoms with E-state index in [1.54, 1.807) is 16.7 Å². The monoisotopic (exact) mass is 669 g/mol. The second-order valence-corrected chi connectivity index (χ2v) is 22.8. The molecule has 276 valence electrons. The molecule has 1 aliphatic carbocycles. The molecular formula is C48H81B. The third-order valence-corrected chi connectivity index (χ3v) is 16.3. The molecule has 2 aromatic rings. The number of fused-ring (bicyclic) bond motifs is 1. The Balaban J connectivity index is 1.98. The smallest absolute Gasteiger partial charge is 0.0667 e. The molecule has 0 N–H and O–H groups in total. The molecule has 1 heteroatoms. The lowest BCUT2D eigenvalue weighted by Crippen LogP contribution is -2.45. The van der Waals surface area contributed by atoms with Gasteiger partial charge in [0.05, 0.1) is 0 Å². The highest BCUT2D eigenvalue weighted by molar-refractivity contribution is 6.15. The van der Waals surface area contributed by atoms with Crippen LogP contribution in [0, 0.1) is 43.8 Å². The lowest BCUT2D eigenvalue weighted by molar-refractivity contribution is -0.00669. The average molecular weight is 669 g/mol. The fourth-order valence-corrected chi connectivity index (χ4v) is 8.48. The van der Waals surface area contributed by atoms with Gasteiger partial charge in [-0.3, -0.25) is 0 Å². The molecule has 2 aromatic carbocycles. The van der Waals surface area contributed by atoms with E-state index in [2.05, 4.69) is 181 Å². The standard InChI is InChI=1S/C48H81B/c1-34(28-29-42(5,6)41(2,3)4)31-43(7,8)44(9,10)32-39(36-22-20-19-21-23-36)46(13,14)45(11,12)33-40(47(15,16)48(17,18)49)38-27-25-35-24-26-37(35)30-38/h19-23,25,27,30,34,39-40H,24,26,28-29,31-33,49H2,1-18H3. The third-order valence-electron chi connectivity index (χ3n) is 16.3. The maximum absolute atomic E-state index is 2.61. The van der Waals surface area contributed by atoms with Gasteiger partial charge in [-0.05, 0) is 116 Å². The molecule has 0 amide bonds. The number of benzene rings is 2. The summed E-state index contributed by atoms with van der Waals surface area (Å²) in [7, 11) is 2.46. The summed E-state index contributed by atoms with van der Waals surface area (Å²) in [4.78, 5) is 0. The lowest BCUT2D eigenvalue weighted by Gasteiger charge is -2.55. The van der Waals surface area contributed by atoms with Crippen molar-refractivity contribution in [2.45, 2.75) is 187 Å². The second-order valence-electron chi connectivity index (χ2n) is 22.8. The summed E-state index contributed by atoms with van der Waals surface area (Å²) in [5.74, 6) is 1.63. The highest BCUT2D eigenvalue weighted by Crippen LogP contribution is 2.62. The quantitative estimate of drug-likeness (QED) is 0.156. The van der Waals surface area contributed by atoms with Crippen molar-refractivity contribution < 1.29 is 0 Å². The normalized spacial score (nSPS) is 17.3. The average Bonchev–Trinajstić information content (AvgIpc) is 2.93. The molecule has 3 atom stereocenters. The van der Waals surface area contributed by atoms with Gasteiger partial charge in [0.1, 0.15) is 7.85 Å². The van der Waals surface area contributed by atoms with Crippen LogP contribution in [0.1, 0.15) is 191 Å². The first-order valence-electron chi connectivity index (χ1n) is 20.1. The Bertz CT molecular complexity index is 1370. The van der Waals surface area contributed by atoms with E-state index >= 15 is 0 Å². The molecule has 0 heterocycles. The van der Waals surface area contributed by atoms with Crippen molar-refractivity contribution in [3.63, 3.8) is 0 Å². The van der Waals surface area contributed by atoms with Crippen molar-refractivity contribution in [1.82, 2.24) is 0 Å². The van der Waals surface area contributed by atoms with E-state index in [4.69, 9.17) is 0 Å². The van der Waals surface area contributed by atoms with Gasteiger partial charge in [-0.1, -0.05) is 185 Å². The van der Waals surface area contributed by atoms with E-state index in [1.807, 2.05) is 0 Å². The van der Waals surface area contributed by atoms with Gasteiger partial charge in [0.15, 0.2) is 0 Å². The van der Waals surface area contributed by atoms with Crippen molar-refractivity contribution in [1.29, 1.82) is 0 Å². The SMILES string of the molecule is BC(C)(C)C(C)(C)C(CC(C)(C)C(C)(C)C(CC(C)(C)C(C)(C)CC(C)CCC(C)(C)C(C)(C)C)c1ccccc1)c1ccc2c(c1)CC2. The Morgan fingerprint density at radius 3 is 1.49 bits per heavy atom. The van der Waals surface area contributed by atoms with Gasteiger partial charge in [0.25, 0.3) is 0 Å². The Morgan fingerprint density at radius 1 is 0.531 bits per heavy atom. The van der Waals surface area contributed by atoms with Gasteiger partial charge in [-0.2, -0.15) is 0 Å². The predicted octanol–water partition coefficient (Wildman–Crippen LogP) is 14.3. The molecule has 3 unspecified atom stereocenters. The van der Waals surface area contributed by atoms with Crippen LogP contribution >= 0.6 is 0 Å². The Morgan fingerprint density at radius 2 is 1.02 bits per heavy atom. The second kappa shape index (κ2) is 14.1. The van der Waals surface area contributed by atoms with Gasteiger partial charge in [-0.15, -0.1) is 0 Å². The number of rotatable bonds is 16. The first kappa shape index (κ1) is 41.9. The molecule has 0 aliphatic heterocycles. The summed E-state index contributed by atoms with van der Waals surface area (Å²) in [5.41, 5.74) is 7.57.